The Bertz CT molecular complexity index is 1040. The van der Waals surface area contributed by atoms with Gasteiger partial charge in [0.2, 0.25) is 0 Å². The molecule has 154 valence electrons. The molecule has 0 amide bonds. The monoisotopic (exact) mass is 400 g/mol. The van der Waals surface area contributed by atoms with Gasteiger partial charge in [-0.15, -0.1) is 0 Å². The maximum absolute atomic E-state index is 4.92. The third kappa shape index (κ3) is 2.49. The SMILES string of the molecule is Cc1nc(N2c3ccccc3N(C)[C@H]2C)c(C)c(N2c3ccccc3N(C)[C@@H]2C)n1. The van der Waals surface area contributed by atoms with Crippen molar-refractivity contribution in [1.29, 1.82) is 0 Å². The Morgan fingerprint density at radius 2 is 1.00 bits per heavy atom. The zero-order chi connectivity index (χ0) is 21.2. The predicted octanol–water partition coefficient (Wildman–Crippen LogP) is 4.96. The molecule has 6 heteroatoms. The predicted molar refractivity (Wildman–Crippen MR) is 124 cm³/mol. The molecule has 1 aromatic heterocycles. The van der Waals surface area contributed by atoms with Gasteiger partial charge in [-0.2, -0.15) is 0 Å². The zero-order valence-corrected chi connectivity index (χ0v) is 18.5. The Labute approximate surface area is 178 Å². The van der Waals surface area contributed by atoms with Gasteiger partial charge < -0.3 is 19.6 Å². The number of fused-ring (bicyclic) bond motifs is 2. The number of aryl methyl sites for hydroxylation is 1. The van der Waals surface area contributed by atoms with E-state index in [9.17, 15) is 0 Å². The molecule has 2 atom stereocenters. The van der Waals surface area contributed by atoms with Crippen LogP contribution in [0, 0.1) is 13.8 Å². The van der Waals surface area contributed by atoms with E-state index in [1.54, 1.807) is 0 Å². The summed E-state index contributed by atoms with van der Waals surface area (Å²) in [4.78, 5) is 19.1. The fourth-order valence-electron chi connectivity index (χ4n) is 4.73. The third-order valence-electron chi connectivity index (χ3n) is 6.57. The number of aromatic nitrogens is 2. The topological polar surface area (TPSA) is 38.7 Å². The lowest BCUT2D eigenvalue weighted by molar-refractivity contribution is 0.709. The van der Waals surface area contributed by atoms with E-state index in [1.165, 1.54) is 22.7 Å². The Kier molecular flexibility index (Phi) is 4.13. The lowest BCUT2D eigenvalue weighted by Crippen LogP contribution is -2.38. The quantitative estimate of drug-likeness (QED) is 0.605. The molecule has 2 aromatic carbocycles. The molecule has 0 bridgehead atoms. The van der Waals surface area contributed by atoms with Crippen LogP contribution in [-0.2, 0) is 0 Å². The van der Waals surface area contributed by atoms with E-state index in [0.717, 1.165) is 23.0 Å². The summed E-state index contributed by atoms with van der Waals surface area (Å²) in [6.07, 6.45) is 0.350. The molecular formula is C24H28N6. The minimum Gasteiger partial charge on any atom is -0.352 e. The van der Waals surface area contributed by atoms with E-state index in [-0.39, 0.29) is 12.3 Å². The molecule has 0 spiro atoms. The van der Waals surface area contributed by atoms with Crippen molar-refractivity contribution in [1.82, 2.24) is 9.97 Å². The van der Waals surface area contributed by atoms with Gasteiger partial charge in [0.1, 0.15) is 29.8 Å². The van der Waals surface area contributed by atoms with Gasteiger partial charge >= 0.3 is 0 Å². The minimum absolute atomic E-state index is 0.175. The van der Waals surface area contributed by atoms with Crippen molar-refractivity contribution in [2.75, 3.05) is 33.7 Å². The van der Waals surface area contributed by atoms with Crippen LogP contribution in [0.2, 0.25) is 0 Å². The number of anilines is 6. The van der Waals surface area contributed by atoms with Gasteiger partial charge in [0.25, 0.3) is 0 Å². The van der Waals surface area contributed by atoms with Crippen LogP contribution in [0.3, 0.4) is 0 Å². The average molecular weight is 401 g/mol. The minimum atomic E-state index is 0.175. The molecule has 5 rings (SSSR count). The van der Waals surface area contributed by atoms with Gasteiger partial charge in [0, 0.05) is 19.7 Å². The Balaban J connectivity index is 1.69. The van der Waals surface area contributed by atoms with Gasteiger partial charge in [0.15, 0.2) is 0 Å². The number of hydrogen-bond donors (Lipinski definition) is 0. The van der Waals surface area contributed by atoms with E-state index in [0.29, 0.717) is 0 Å². The molecule has 0 aliphatic carbocycles. The summed E-state index contributed by atoms with van der Waals surface area (Å²) in [5.41, 5.74) is 5.91. The van der Waals surface area contributed by atoms with Crippen molar-refractivity contribution in [2.45, 2.75) is 40.0 Å². The van der Waals surface area contributed by atoms with Crippen LogP contribution in [0.1, 0.15) is 25.2 Å². The van der Waals surface area contributed by atoms with Crippen molar-refractivity contribution in [3.05, 3.63) is 59.9 Å². The van der Waals surface area contributed by atoms with E-state index in [1.807, 2.05) is 6.92 Å². The molecule has 3 heterocycles. The molecule has 2 aliphatic rings. The van der Waals surface area contributed by atoms with E-state index in [2.05, 4.69) is 103 Å². The summed E-state index contributed by atoms with van der Waals surface area (Å²) >= 11 is 0. The van der Waals surface area contributed by atoms with Crippen molar-refractivity contribution >= 4 is 34.4 Å². The van der Waals surface area contributed by atoms with Crippen LogP contribution < -0.4 is 19.6 Å². The Hall–Kier alpha value is -3.28. The maximum atomic E-state index is 4.92. The number of rotatable bonds is 2. The fraction of sp³-hybridized carbons (Fsp3) is 0.333. The second kappa shape index (κ2) is 6.62. The Morgan fingerprint density at radius 3 is 1.40 bits per heavy atom. The molecule has 3 aromatic rings. The molecule has 0 radical (unpaired) electrons. The van der Waals surface area contributed by atoms with E-state index >= 15 is 0 Å². The van der Waals surface area contributed by atoms with Crippen LogP contribution in [-0.4, -0.2) is 36.4 Å². The van der Waals surface area contributed by atoms with Crippen LogP contribution in [0.4, 0.5) is 34.4 Å². The molecule has 6 nitrogen and oxygen atoms in total. The van der Waals surface area contributed by atoms with Gasteiger partial charge in [0.05, 0.1) is 22.7 Å². The molecule has 0 unspecified atom stereocenters. The van der Waals surface area contributed by atoms with Crippen LogP contribution in [0.25, 0.3) is 0 Å². The summed E-state index contributed by atoms with van der Waals surface area (Å²) in [6.45, 7) is 8.57. The number of para-hydroxylation sites is 4. The summed E-state index contributed by atoms with van der Waals surface area (Å²) < 4.78 is 0. The van der Waals surface area contributed by atoms with Crippen LogP contribution >= 0.6 is 0 Å². The Morgan fingerprint density at radius 1 is 0.633 bits per heavy atom. The molecule has 0 N–H and O–H groups in total. The van der Waals surface area contributed by atoms with Crippen molar-refractivity contribution in [3.8, 4) is 0 Å². The first-order chi connectivity index (χ1) is 14.4. The van der Waals surface area contributed by atoms with E-state index < -0.39 is 0 Å². The van der Waals surface area contributed by atoms with Crippen molar-refractivity contribution in [2.24, 2.45) is 0 Å². The molecule has 0 fully saturated rings. The van der Waals surface area contributed by atoms with Gasteiger partial charge in [-0.1, -0.05) is 24.3 Å². The van der Waals surface area contributed by atoms with Crippen LogP contribution in [0.15, 0.2) is 48.5 Å². The zero-order valence-electron chi connectivity index (χ0n) is 18.5. The highest BCUT2D eigenvalue weighted by molar-refractivity contribution is 5.87. The first kappa shape index (κ1) is 18.7. The second-order valence-electron chi connectivity index (χ2n) is 8.25. The first-order valence-electron chi connectivity index (χ1n) is 10.5. The molecule has 30 heavy (non-hydrogen) atoms. The van der Waals surface area contributed by atoms with Gasteiger partial charge in [-0.25, -0.2) is 9.97 Å². The smallest absolute Gasteiger partial charge is 0.143 e. The second-order valence-corrected chi connectivity index (χ2v) is 8.25. The third-order valence-corrected chi connectivity index (χ3v) is 6.57. The highest BCUT2D eigenvalue weighted by atomic mass is 15.4. The first-order valence-corrected chi connectivity index (χ1v) is 10.5. The lowest BCUT2D eigenvalue weighted by Gasteiger charge is -2.32. The van der Waals surface area contributed by atoms with Gasteiger partial charge in [-0.3, -0.25) is 0 Å². The van der Waals surface area contributed by atoms with Crippen LogP contribution in [0.5, 0.6) is 0 Å². The fourth-order valence-corrected chi connectivity index (χ4v) is 4.73. The number of hydrogen-bond acceptors (Lipinski definition) is 6. The summed E-state index contributed by atoms with van der Waals surface area (Å²) in [6, 6.07) is 17.1. The standard InChI is InChI=1S/C24H28N6/c1-15-23(29-17(3)27(5)19-11-7-9-13-21(19)29)25-16(2)26-24(15)30-18(4)28(6)20-12-8-10-14-22(20)30/h7-14,17-18H,1-6H3/t17-,18+. The normalized spacial score (nSPS) is 20.1. The molecule has 0 saturated heterocycles. The largest absolute Gasteiger partial charge is 0.352 e. The summed E-state index contributed by atoms with van der Waals surface area (Å²) in [5.74, 6) is 2.73. The molecular weight excluding hydrogens is 372 g/mol. The van der Waals surface area contributed by atoms with Crippen molar-refractivity contribution < 1.29 is 0 Å². The van der Waals surface area contributed by atoms with Gasteiger partial charge in [-0.05, 0) is 52.0 Å². The summed E-state index contributed by atoms with van der Waals surface area (Å²) in [7, 11) is 4.28. The van der Waals surface area contributed by atoms with Crippen molar-refractivity contribution in [3.63, 3.8) is 0 Å². The summed E-state index contributed by atoms with van der Waals surface area (Å²) in [5, 5.41) is 0. The number of nitrogens with zero attached hydrogens (tertiary/aromatic N) is 6. The lowest BCUT2D eigenvalue weighted by atomic mass is 10.2. The number of benzene rings is 2. The van der Waals surface area contributed by atoms with E-state index in [4.69, 9.17) is 9.97 Å². The highest BCUT2D eigenvalue weighted by Crippen LogP contribution is 2.47. The maximum Gasteiger partial charge on any atom is 0.143 e. The molecule has 0 saturated carbocycles. The average Bonchev–Trinajstić information content (AvgIpc) is 3.15. The highest BCUT2D eigenvalue weighted by Gasteiger charge is 2.37. The molecule has 2 aliphatic heterocycles.